The minimum Gasteiger partial charge on any atom is -0.478 e. The quantitative estimate of drug-likeness (QED) is 0.454. The Hall–Kier alpha value is -2.91. The zero-order chi connectivity index (χ0) is 25.7. The van der Waals surface area contributed by atoms with Gasteiger partial charge in [-0.1, -0.05) is 25.1 Å². The van der Waals surface area contributed by atoms with Gasteiger partial charge in [0, 0.05) is 6.42 Å². The van der Waals surface area contributed by atoms with E-state index in [1.54, 1.807) is 24.3 Å². The maximum Gasteiger partial charge on any atom is 0.338 e. The van der Waals surface area contributed by atoms with Crippen molar-refractivity contribution in [3.8, 4) is 0 Å². The molecule has 1 aliphatic carbocycles. The summed E-state index contributed by atoms with van der Waals surface area (Å²) in [6, 6.07) is 9.51. The highest BCUT2D eigenvalue weighted by Crippen LogP contribution is 2.32. The molecule has 3 N–H and O–H groups in total. The van der Waals surface area contributed by atoms with Crippen molar-refractivity contribution in [2.24, 2.45) is 5.92 Å². The van der Waals surface area contributed by atoms with Gasteiger partial charge in [-0.15, -0.1) is 0 Å². The molecule has 0 spiro atoms. The minimum atomic E-state index is -4.15. The van der Waals surface area contributed by atoms with E-state index in [4.69, 9.17) is 0 Å². The Balaban J connectivity index is 1.46. The largest absolute Gasteiger partial charge is 0.478 e. The highest BCUT2D eigenvalue weighted by molar-refractivity contribution is 7.92. The molecule has 36 heavy (non-hydrogen) atoms. The minimum absolute atomic E-state index is 0.00407. The monoisotopic (exact) mass is 513 g/mol. The van der Waals surface area contributed by atoms with Gasteiger partial charge in [-0.2, -0.15) is 0 Å². The molecule has 2 aromatic carbocycles. The molecule has 1 aliphatic heterocycles. The maximum absolute atomic E-state index is 13.3. The number of likely N-dealkylation sites (tertiary alicyclic amines) is 1. The number of sulfonamides is 1. The number of para-hydroxylation sites is 1. The second kappa shape index (κ2) is 11.4. The van der Waals surface area contributed by atoms with E-state index >= 15 is 0 Å². The number of piperidine rings is 1. The molecule has 2 aliphatic rings. The molecule has 0 atom stereocenters. The molecule has 0 unspecified atom stereocenters. The first-order chi connectivity index (χ1) is 17.2. The van der Waals surface area contributed by atoms with Gasteiger partial charge in [0.05, 0.1) is 16.9 Å². The number of anilines is 2. The molecule has 2 aromatic rings. The Morgan fingerprint density at radius 2 is 1.75 bits per heavy atom. The van der Waals surface area contributed by atoms with Gasteiger partial charge in [-0.05, 0) is 99.8 Å². The smallest absolute Gasteiger partial charge is 0.338 e. The lowest BCUT2D eigenvalue weighted by molar-refractivity contribution is -0.116. The standard InChI is InChI=1S/C27H35N3O5S/c1-19-14-17-30(18-15-19)16-6-11-25(31)28-22-9-4-5-10-24(22)36(34,35)29-23-13-12-20-7-2-3-8-21(20)26(23)27(32)33/h4-5,9-10,12-13,19,29H,2-3,6-8,11,14-18H2,1H3,(H,28,31)(H,32,33). The van der Waals surface area contributed by atoms with Gasteiger partial charge in [-0.3, -0.25) is 9.52 Å². The van der Waals surface area contributed by atoms with Crippen LogP contribution in [-0.4, -0.2) is 49.9 Å². The summed E-state index contributed by atoms with van der Waals surface area (Å²) in [7, 11) is -4.15. The van der Waals surface area contributed by atoms with E-state index in [1.165, 1.54) is 25.0 Å². The number of aryl methyl sites for hydroxylation is 1. The van der Waals surface area contributed by atoms with Gasteiger partial charge in [-0.25, -0.2) is 13.2 Å². The zero-order valence-corrected chi connectivity index (χ0v) is 21.6. The summed E-state index contributed by atoms with van der Waals surface area (Å²) in [5, 5.41) is 12.6. The molecule has 0 bridgehead atoms. The first-order valence-electron chi connectivity index (χ1n) is 12.8. The van der Waals surface area contributed by atoms with Crippen LogP contribution in [0, 0.1) is 5.92 Å². The summed E-state index contributed by atoms with van der Waals surface area (Å²) < 4.78 is 29.1. The van der Waals surface area contributed by atoms with Gasteiger partial charge in [0.25, 0.3) is 10.0 Å². The number of nitrogens with zero attached hydrogens (tertiary/aromatic N) is 1. The Bertz CT molecular complexity index is 1220. The number of carbonyl (C=O) groups excluding carboxylic acids is 1. The lowest BCUT2D eigenvalue weighted by Crippen LogP contribution is -2.34. The Kier molecular flexibility index (Phi) is 8.31. The maximum atomic E-state index is 13.3. The number of hydrogen-bond donors (Lipinski definition) is 3. The van der Waals surface area contributed by atoms with E-state index in [9.17, 15) is 23.1 Å². The fraction of sp³-hybridized carbons (Fsp3) is 0.481. The molecule has 0 radical (unpaired) electrons. The van der Waals surface area contributed by atoms with Crippen molar-refractivity contribution < 1.29 is 23.1 Å². The number of carboxylic acids is 1. The average molecular weight is 514 g/mol. The average Bonchev–Trinajstić information content (AvgIpc) is 2.85. The fourth-order valence-electron chi connectivity index (χ4n) is 5.12. The molecular weight excluding hydrogens is 478 g/mol. The predicted molar refractivity (Wildman–Crippen MR) is 140 cm³/mol. The van der Waals surface area contributed by atoms with Crippen LogP contribution in [0.25, 0.3) is 0 Å². The number of aromatic carboxylic acids is 1. The van der Waals surface area contributed by atoms with Gasteiger partial charge in [0.15, 0.2) is 0 Å². The number of benzene rings is 2. The number of hydrogen-bond acceptors (Lipinski definition) is 5. The Labute approximate surface area is 213 Å². The molecule has 0 aromatic heterocycles. The lowest BCUT2D eigenvalue weighted by Gasteiger charge is -2.30. The van der Waals surface area contributed by atoms with Gasteiger partial charge in [0.2, 0.25) is 5.91 Å². The number of carbonyl (C=O) groups is 2. The molecular formula is C27H35N3O5S. The molecule has 9 heteroatoms. The first-order valence-corrected chi connectivity index (χ1v) is 14.2. The Morgan fingerprint density at radius 1 is 1.03 bits per heavy atom. The Morgan fingerprint density at radius 3 is 2.50 bits per heavy atom. The van der Waals surface area contributed by atoms with E-state index < -0.39 is 16.0 Å². The number of rotatable bonds is 9. The van der Waals surface area contributed by atoms with Crippen LogP contribution in [0.1, 0.15) is 66.9 Å². The first kappa shape index (κ1) is 26.2. The van der Waals surface area contributed by atoms with Crippen LogP contribution in [0.5, 0.6) is 0 Å². The summed E-state index contributed by atoms with van der Waals surface area (Å²) in [4.78, 5) is 27.0. The van der Waals surface area contributed by atoms with Crippen LogP contribution < -0.4 is 10.0 Å². The van der Waals surface area contributed by atoms with E-state index in [1.807, 2.05) is 0 Å². The third-order valence-electron chi connectivity index (χ3n) is 7.20. The van der Waals surface area contributed by atoms with Crippen molar-refractivity contribution in [1.82, 2.24) is 4.90 Å². The number of amides is 1. The molecule has 1 fully saturated rings. The molecule has 4 rings (SSSR count). The lowest BCUT2D eigenvalue weighted by atomic mass is 9.87. The fourth-order valence-corrected chi connectivity index (χ4v) is 6.36. The molecule has 1 amide bonds. The summed E-state index contributed by atoms with van der Waals surface area (Å²) in [5.41, 5.74) is 1.87. The third-order valence-corrected chi connectivity index (χ3v) is 8.62. The molecule has 8 nitrogen and oxygen atoms in total. The summed E-state index contributed by atoms with van der Waals surface area (Å²) in [5.74, 6) is -0.649. The predicted octanol–water partition coefficient (Wildman–Crippen LogP) is 4.52. The van der Waals surface area contributed by atoms with Crippen LogP contribution in [-0.2, 0) is 27.7 Å². The molecule has 0 saturated carbocycles. The molecule has 1 saturated heterocycles. The van der Waals surface area contributed by atoms with Crippen molar-refractivity contribution in [3.63, 3.8) is 0 Å². The summed E-state index contributed by atoms with van der Waals surface area (Å²) in [6.45, 7) is 5.21. The summed E-state index contributed by atoms with van der Waals surface area (Å²) in [6.07, 6.45) is 6.60. The normalized spacial score (nSPS) is 16.8. The topological polar surface area (TPSA) is 116 Å². The van der Waals surface area contributed by atoms with E-state index in [0.29, 0.717) is 24.8 Å². The molecule has 194 valence electrons. The van der Waals surface area contributed by atoms with Crippen LogP contribution in [0.4, 0.5) is 11.4 Å². The highest BCUT2D eigenvalue weighted by atomic mass is 32.2. The van der Waals surface area contributed by atoms with Crippen molar-refractivity contribution in [3.05, 3.63) is 53.1 Å². The zero-order valence-electron chi connectivity index (χ0n) is 20.8. The number of carboxylic acid groups (broad SMARTS) is 1. The van der Waals surface area contributed by atoms with Crippen molar-refractivity contribution in [2.45, 2.75) is 63.2 Å². The van der Waals surface area contributed by atoms with Crippen molar-refractivity contribution in [1.29, 1.82) is 0 Å². The van der Waals surface area contributed by atoms with Crippen molar-refractivity contribution >= 4 is 33.3 Å². The van der Waals surface area contributed by atoms with Crippen molar-refractivity contribution in [2.75, 3.05) is 29.7 Å². The third kappa shape index (κ3) is 6.25. The van der Waals surface area contributed by atoms with Gasteiger partial charge < -0.3 is 15.3 Å². The second-order valence-corrected chi connectivity index (χ2v) is 11.6. The SMILES string of the molecule is CC1CCN(CCCC(=O)Nc2ccccc2S(=O)(=O)Nc2ccc3c(c2C(=O)O)CCCC3)CC1. The van der Waals surface area contributed by atoms with E-state index in [-0.39, 0.29) is 27.7 Å². The number of fused-ring (bicyclic) bond motifs is 1. The summed E-state index contributed by atoms with van der Waals surface area (Å²) >= 11 is 0. The van der Waals surface area contributed by atoms with Crippen LogP contribution >= 0.6 is 0 Å². The highest BCUT2D eigenvalue weighted by Gasteiger charge is 2.26. The van der Waals surface area contributed by atoms with Crippen LogP contribution in [0.2, 0.25) is 0 Å². The van der Waals surface area contributed by atoms with Gasteiger partial charge in [0.1, 0.15) is 4.90 Å². The second-order valence-electron chi connectivity index (χ2n) is 9.92. The molecule has 1 heterocycles. The van der Waals surface area contributed by atoms with Crippen LogP contribution in [0.3, 0.4) is 0 Å². The van der Waals surface area contributed by atoms with Crippen LogP contribution in [0.15, 0.2) is 41.3 Å². The number of nitrogens with one attached hydrogen (secondary N) is 2. The van der Waals surface area contributed by atoms with E-state index in [2.05, 4.69) is 21.9 Å². The van der Waals surface area contributed by atoms with Gasteiger partial charge >= 0.3 is 5.97 Å². The van der Waals surface area contributed by atoms with E-state index in [0.717, 1.165) is 50.4 Å².